The van der Waals surface area contributed by atoms with Crippen LogP contribution in [0.15, 0.2) is 10.8 Å². The maximum absolute atomic E-state index is 4.37. The lowest BCUT2D eigenvalue weighted by Gasteiger charge is -1.84. The van der Waals surface area contributed by atoms with Crippen molar-refractivity contribution in [3.05, 3.63) is 21.4 Å². The summed E-state index contributed by atoms with van der Waals surface area (Å²) in [5.74, 6) is 0. The Labute approximate surface area is 77.0 Å². The lowest BCUT2D eigenvalue weighted by molar-refractivity contribution is 1.16. The molecule has 0 atom stereocenters. The standard InChI is InChI=1S/C7H7BrN2S/c1-4-3-10-6(8)5(2)9-7(10)11-4/h3H,1-2H3. The van der Waals surface area contributed by atoms with Crippen LogP contribution >= 0.6 is 27.3 Å². The number of halogens is 1. The molecule has 2 heterocycles. The van der Waals surface area contributed by atoms with Crippen LogP contribution in [0.4, 0.5) is 0 Å². The van der Waals surface area contributed by atoms with Crippen LogP contribution in [0.3, 0.4) is 0 Å². The number of hydrogen-bond donors (Lipinski definition) is 0. The number of thiazole rings is 1. The Kier molecular flexibility index (Phi) is 1.54. The SMILES string of the molecule is Cc1cn2c(Br)c(C)nc2s1. The Bertz CT molecular complexity index is 402. The molecule has 0 bridgehead atoms. The highest BCUT2D eigenvalue weighted by Gasteiger charge is 2.06. The number of aryl methyl sites for hydroxylation is 2. The van der Waals surface area contributed by atoms with Gasteiger partial charge in [0.1, 0.15) is 4.60 Å². The van der Waals surface area contributed by atoms with Crippen LogP contribution in [-0.2, 0) is 0 Å². The van der Waals surface area contributed by atoms with E-state index in [1.807, 2.05) is 6.92 Å². The second-order valence-electron chi connectivity index (χ2n) is 2.48. The molecule has 11 heavy (non-hydrogen) atoms. The van der Waals surface area contributed by atoms with Crippen molar-refractivity contribution in [1.29, 1.82) is 0 Å². The maximum Gasteiger partial charge on any atom is 0.195 e. The first-order valence-electron chi connectivity index (χ1n) is 3.29. The topological polar surface area (TPSA) is 17.3 Å². The van der Waals surface area contributed by atoms with Gasteiger partial charge in [0.15, 0.2) is 4.96 Å². The zero-order valence-corrected chi connectivity index (χ0v) is 8.66. The molecule has 0 saturated carbocycles. The van der Waals surface area contributed by atoms with Gasteiger partial charge in [0.05, 0.1) is 5.69 Å². The van der Waals surface area contributed by atoms with Gasteiger partial charge in [-0.3, -0.25) is 4.40 Å². The van der Waals surface area contributed by atoms with Crippen molar-refractivity contribution in [2.45, 2.75) is 13.8 Å². The zero-order valence-electron chi connectivity index (χ0n) is 6.26. The molecule has 0 unspecified atom stereocenters. The minimum Gasteiger partial charge on any atom is -0.284 e. The van der Waals surface area contributed by atoms with Crippen LogP contribution in [0.5, 0.6) is 0 Å². The van der Waals surface area contributed by atoms with Gasteiger partial charge in [0.2, 0.25) is 0 Å². The fourth-order valence-electron chi connectivity index (χ4n) is 1.04. The second-order valence-corrected chi connectivity index (χ2v) is 4.45. The molecule has 2 nitrogen and oxygen atoms in total. The average Bonchev–Trinajstić information content (AvgIpc) is 2.37. The van der Waals surface area contributed by atoms with Crippen LogP contribution in [0, 0.1) is 13.8 Å². The molecule has 0 aliphatic carbocycles. The van der Waals surface area contributed by atoms with E-state index < -0.39 is 0 Å². The highest BCUT2D eigenvalue weighted by Crippen LogP contribution is 2.23. The van der Waals surface area contributed by atoms with Crippen LogP contribution < -0.4 is 0 Å². The van der Waals surface area contributed by atoms with Gasteiger partial charge in [0, 0.05) is 11.1 Å². The molecule has 0 aliphatic heterocycles. The fraction of sp³-hybridized carbons (Fsp3) is 0.286. The molecule has 0 N–H and O–H groups in total. The molecule has 0 radical (unpaired) electrons. The monoisotopic (exact) mass is 230 g/mol. The van der Waals surface area contributed by atoms with Crippen molar-refractivity contribution in [3.63, 3.8) is 0 Å². The highest BCUT2D eigenvalue weighted by atomic mass is 79.9. The molecule has 4 heteroatoms. The molecule has 0 spiro atoms. The Morgan fingerprint density at radius 1 is 1.55 bits per heavy atom. The van der Waals surface area contributed by atoms with Gasteiger partial charge in [0.25, 0.3) is 0 Å². The van der Waals surface area contributed by atoms with Crippen molar-refractivity contribution in [2.75, 3.05) is 0 Å². The number of imidazole rings is 1. The van der Waals surface area contributed by atoms with Gasteiger partial charge in [-0.2, -0.15) is 0 Å². The molecule has 0 fully saturated rings. The summed E-state index contributed by atoms with van der Waals surface area (Å²) in [6.07, 6.45) is 2.09. The van der Waals surface area contributed by atoms with Gasteiger partial charge in [-0.25, -0.2) is 4.98 Å². The van der Waals surface area contributed by atoms with Gasteiger partial charge in [-0.1, -0.05) is 0 Å². The summed E-state index contributed by atoms with van der Waals surface area (Å²) >= 11 is 5.18. The third-order valence-electron chi connectivity index (χ3n) is 1.54. The zero-order chi connectivity index (χ0) is 8.01. The third-order valence-corrected chi connectivity index (χ3v) is 3.40. The van der Waals surface area contributed by atoms with E-state index in [0.29, 0.717) is 0 Å². The molecule has 0 aromatic carbocycles. The number of rotatable bonds is 0. The molecule has 58 valence electrons. The Hall–Kier alpha value is -0.350. The number of fused-ring (bicyclic) bond motifs is 1. The quantitative estimate of drug-likeness (QED) is 0.681. The number of hydrogen-bond acceptors (Lipinski definition) is 2. The Balaban J connectivity index is 2.88. The predicted molar refractivity (Wildman–Crippen MR) is 50.2 cm³/mol. The minimum absolute atomic E-state index is 1.05. The van der Waals surface area contributed by atoms with Crippen LogP contribution in [0.2, 0.25) is 0 Å². The van der Waals surface area contributed by atoms with Crippen LogP contribution in [0.1, 0.15) is 10.6 Å². The van der Waals surface area contributed by atoms with Crippen molar-refractivity contribution in [3.8, 4) is 0 Å². The minimum atomic E-state index is 1.05. The van der Waals surface area contributed by atoms with Gasteiger partial charge in [-0.05, 0) is 29.8 Å². The summed E-state index contributed by atoms with van der Waals surface area (Å²) in [5.41, 5.74) is 1.05. The summed E-state index contributed by atoms with van der Waals surface area (Å²) in [5, 5.41) is 0. The van der Waals surface area contributed by atoms with Crippen molar-refractivity contribution in [1.82, 2.24) is 9.38 Å². The van der Waals surface area contributed by atoms with Crippen LogP contribution in [0.25, 0.3) is 4.96 Å². The number of aromatic nitrogens is 2. The lowest BCUT2D eigenvalue weighted by Crippen LogP contribution is -1.75. The molecule has 0 aliphatic rings. The van der Waals surface area contributed by atoms with Gasteiger partial charge < -0.3 is 0 Å². The summed E-state index contributed by atoms with van der Waals surface area (Å²) in [4.78, 5) is 6.72. The Morgan fingerprint density at radius 3 is 2.91 bits per heavy atom. The molecule has 2 rings (SSSR count). The molecule has 2 aromatic heterocycles. The van der Waals surface area contributed by atoms with E-state index in [-0.39, 0.29) is 0 Å². The Morgan fingerprint density at radius 2 is 2.27 bits per heavy atom. The first kappa shape index (κ1) is 7.31. The van der Waals surface area contributed by atoms with E-state index in [1.54, 1.807) is 11.3 Å². The lowest BCUT2D eigenvalue weighted by atomic mass is 10.6. The van der Waals surface area contributed by atoms with E-state index in [2.05, 4.69) is 38.4 Å². The highest BCUT2D eigenvalue weighted by molar-refractivity contribution is 9.10. The normalized spacial score (nSPS) is 11.2. The van der Waals surface area contributed by atoms with E-state index in [9.17, 15) is 0 Å². The maximum atomic E-state index is 4.37. The van der Waals surface area contributed by atoms with Gasteiger partial charge in [-0.15, -0.1) is 11.3 Å². The van der Waals surface area contributed by atoms with Gasteiger partial charge >= 0.3 is 0 Å². The summed E-state index contributed by atoms with van der Waals surface area (Å²) in [6, 6.07) is 0. The van der Waals surface area contributed by atoms with Crippen molar-refractivity contribution >= 4 is 32.2 Å². The fourth-order valence-corrected chi connectivity index (χ4v) is 2.39. The van der Waals surface area contributed by atoms with Crippen LogP contribution in [-0.4, -0.2) is 9.38 Å². The molecular weight excluding hydrogens is 224 g/mol. The third kappa shape index (κ3) is 1.01. The second kappa shape index (κ2) is 2.32. The van der Waals surface area contributed by atoms with E-state index in [1.165, 1.54) is 4.88 Å². The molecule has 2 aromatic rings. The number of nitrogens with zero attached hydrogens (tertiary/aromatic N) is 2. The summed E-state index contributed by atoms with van der Waals surface area (Å²) in [7, 11) is 0. The first-order chi connectivity index (χ1) is 5.18. The summed E-state index contributed by atoms with van der Waals surface area (Å²) in [6.45, 7) is 4.08. The van der Waals surface area contributed by atoms with Crippen molar-refractivity contribution in [2.24, 2.45) is 0 Å². The van der Waals surface area contributed by atoms with E-state index in [4.69, 9.17) is 0 Å². The first-order valence-corrected chi connectivity index (χ1v) is 4.90. The smallest absolute Gasteiger partial charge is 0.195 e. The van der Waals surface area contributed by atoms with Crippen molar-refractivity contribution < 1.29 is 0 Å². The largest absolute Gasteiger partial charge is 0.284 e. The average molecular weight is 231 g/mol. The van der Waals surface area contributed by atoms with E-state index >= 15 is 0 Å². The summed E-state index contributed by atoms with van der Waals surface area (Å²) < 4.78 is 3.13. The van der Waals surface area contributed by atoms with E-state index in [0.717, 1.165) is 15.3 Å². The molecule has 0 saturated heterocycles. The molecular formula is C7H7BrN2S. The predicted octanol–water partition coefficient (Wildman–Crippen LogP) is 2.78. The molecule has 0 amide bonds.